The lowest BCUT2D eigenvalue weighted by molar-refractivity contribution is 0.171. The molecule has 1 aliphatic rings. The number of hydrogen-bond donors (Lipinski definition) is 2. The van der Waals surface area contributed by atoms with Crippen LogP contribution < -0.4 is 14.8 Å². The minimum absolute atomic E-state index is 0.148. The Morgan fingerprint density at radius 2 is 2.06 bits per heavy atom. The summed E-state index contributed by atoms with van der Waals surface area (Å²) in [6, 6.07) is 6.13. The highest BCUT2D eigenvalue weighted by Gasteiger charge is 2.13. The predicted molar refractivity (Wildman–Crippen MR) is 60.9 cm³/mol. The van der Waals surface area contributed by atoms with Crippen LogP contribution in [0.1, 0.15) is 18.5 Å². The van der Waals surface area contributed by atoms with Crippen molar-refractivity contribution in [3.8, 4) is 11.5 Å². The van der Waals surface area contributed by atoms with Gasteiger partial charge in [0.2, 0.25) is 0 Å². The molecule has 1 aromatic rings. The third-order valence-electron chi connectivity index (χ3n) is 2.63. The van der Waals surface area contributed by atoms with Crippen molar-refractivity contribution in [3.63, 3.8) is 0 Å². The van der Waals surface area contributed by atoms with Crippen molar-refractivity contribution in [2.75, 3.05) is 26.4 Å². The molecule has 0 saturated heterocycles. The molecular weight excluding hydrogens is 206 g/mol. The third-order valence-corrected chi connectivity index (χ3v) is 2.63. The number of hydrogen-bond acceptors (Lipinski definition) is 4. The van der Waals surface area contributed by atoms with E-state index in [1.165, 1.54) is 0 Å². The second kappa shape index (κ2) is 5.18. The first-order valence-corrected chi connectivity index (χ1v) is 5.55. The summed E-state index contributed by atoms with van der Waals surface area (Å²) in [5, 5.41) is 12.0. The van der Waals surface area contributed by atoms with E-state index in [1.807, 2.05) is 18.2 Å². The molecule has 1 atom stereocenters. The normalized spacial score (nSPS) is 15.9. The van der Waals surface area contributed by atoms with Gasteiger partial charge in [0.1, 0.15) is 13.2 Å². The second-order valence-corrected chi connectivity index (χ2v) is 3.80. The molecule has 0 amide bonds. The molecule has 1 unspecified atom stereocenters. The SMILES string of the molecule is CC(NCCO)c1ccc2c(c1)OCCO2. The van der Waals surface area contributed by atoms with Crippen molar-refractivity contribution in [1.29, 1.82) is 0 Å². The Kier molecular flexibility index (Phi) is 3.64. The molecular formula is C12H17NO3. The van der Waals surface area contributed by atoms with Gasteiger partial charge in [-0.1, -0.05) is 6.07 Å². The molecule has 88 valence electrons. The zero-order chi connectivity index (χ0) is 11.4. The Balaban J connectivity index is 2.10. The Morgan fingerprint density at radius 1 is 1.31 bits per heavy atom. The monoisotopic (exact) mass is 223 g/mol. The number of ether oxygens (including phenoxy) is 2. The average molecular weight is 223 g/mol. The molecule has 0 spiro atoms. The Morgan fingerprint density at radius 3 is 2.81 bits per heavy atom. The number of fused-ring (bicyclic) bond motifs is 1. The minimum Gasteiger partial charge on any atom is -0.486 e. The van der Waals surface area contributed by atoms with Gasteiger partial charge in [-0.2, -0.15) is 0 Å². The van der Waals surface area contributed by atoms with Crippen LogP contribution in [0.15, 0.2) is 18.2 Å². The van der Waals surface area contributed by atoms with E-state index in [4.69, 9.17) is 14.6 Å². The van der Waals surface area contributed by atoms with Gasteiger partial charge < -0.3 is 19.9 Å². The van der Waals surface area contributed by atoms with Crippen LogP contribution in [0, 0.1) is 0 Å². The van der Waals surface area contributed by atoms with Gasteiger partial charge in [0.05, 0.1) is 6.61 Å². The van der Waals surface area contributed by atoms with E-state index < -0.39 is 0 Å². The lowest BCUT2D eigenvalue weighted by atomic mass is 10.1. The molecule has 1 heterocycles. The van der Waals surface area contributed by atoms with Crippen LogP contribution in [-0.2, 0) is 0 Å². The second-order valence-electron chi connectivity index (χ2n) is 3.80. The molecule has 1 aromatic carbocycles. The van der Waals surface area contributed by atoms with Gasteiger partial charge in [-0.15, -0.1) is 0 Å². The van der Waals surface area contributed by atoms with E-state index in [1.54, 1.807) is 0 Å². The van der Waals surface area contributed by atoms with E-state index in [9.17, 15) is 0 Å². The molecule has 0 aliphatic carbocycles. The van der Waals surface area contributed by atoms with Crippen LogP contribution in [0.5, 0.6) is 11.5 Å². The number of benzene rings is 1. The molecule has 16 heavy (non-hydrogen) atoms. The van der Waals surface area contributed by atoms with E-state index >= 15 is 0 Å². The van der Waals surface area contributed by atoms with Crippen molar-refractivity contribution in [2.24, 2.45) is 0 Å². The molecule has 0 saturated carbocycles. The van der Waals surface area contributed by atoms with Gasteiger partial charge in [0, 0.05) is 12.6 Å². The molecule has 4 nitrogen and oxygen atoms in total. The lowest BCUT2D eigenvalue weighted by Gasteiger charge is -2.21. The van der Waals surface area contributed by atoms with Crippen LogP contribution in [0.4, 0.5) is 0 Å². The molecule has 0 aromatic heterocycles. The van der Waals surface area contributed by atoms with Gasteiger partial charge in [0.15, 0.2) is 11.5 Å². The zero-order valence-electron chi connectivity index (χ0n) is 9.40. The largest absolute Gasteiger partial charge is 0.486 e. The van der Waals surface area contributed by atoms with E-state index in [0.29, 0.717) is 19.8 Å². The fourth-order valence-corrected chi connectivity index (χ4v) is 1.73. The number of aliphatic hydroxyl groups excluding tert-OH is 1. The van der Waals surface area contributed by atoms with Crippen LogP contribution in [-0.4, -0.2) is 31.5 Å². The molecule has 0 fully saturated rings. The van der Waals surface area contributed by atoms with Gasteiger partial charge in [-0.25, -0.2) is 0 Å². The Bertz CT molecular complexity index is 354. The van der Waals surface area contributed by atoms with Crippen molar-refractivity contribution < 1.29 is 14.6 Å². The van der Waals surface area contributed by atoms with E-state index in [-0.39, 0.29) is 12.6 Å². The predicted octanol–water partition coefficient (Wildman–Crippen LogP) is 1.10. The summed E-state index contributed by atoms with van der Waals surface area (Å²) in [6.45, 7) is 4.02. The summed E-state index contributed by atoms with van der Waals surface area (Å²) < 4.78 is 11.0. The minimum atomic E-state index is 0.148. The van der Waals surface area contributed by atoms with Gasteiger partial charge in [0.25, 0.3) is 0 Å². The maximum Gasteiger partial charge on any atom is 0.161 e. The summed E-state index contributed by atoms with van der Waals surface area (Å²) in [5.74, 6) is 1.62. The third kappa shape index (κ3) is 2.46. The summed E-state index contributed by atoms with van der Waals surface area (Å²) >= 11 is 0. The fraction of sp³-hybridized carbons (Fsp3) is 0.500. The highest BCUT2D eigenvalue weighted by atomic mass is 16.6. The molecule has 2 rings (SSSR count). The van der Waals surface area contributed by atoms with Gasteiger partial charge in [-0.3, -0.25) is 0 Å². The Hall–Kier alpha value is -1.26. The van der Waals surface area contributed by atoms with Crippen LogP contribution in [0.25, 0.3) is 0 Å². The van der Waals surface area contributed by atoms with Gasteiger partial charge in [-0.05, 0) is 24.6 Å². The highest BCUT2D eigenvalue weighted by Crippen LogP contribution is 2.32. The van der Waals surface area contributed by atoms with Crippen LogP contribution in [0.3, 0.4) is 0 Å². The van der Waals surface area contributed by atoms with Gasteiger partial charge >= 0.3 is 0 Å². The lowest BCUT2D eigenvalue weighted by Crippen LogP contribution is -2.22. The standard InChI is InChI=1S/C12H17NO3/c1-9(13-4-5-14)10-2-3-11-12(8-10)16-7-6-15-11/h2-3,8-9,13-14H,4-7H2,1H3. The topological polar surface area (TPSA) is 50.7 Å². The summed E-state index contributed by atoms with van der Waals surface area (Å²) in [7, 11) is 0. The van der Waals surface area contributed by atoms with E-state index in [2.05, 4.69) is 12.2 Å². The number of rotatable bonds is 4. The number of nitrogens with one attached hydrogen (secondary N) is 1. The van der Waals surface area contributed by atoms with E-state index in [0.717, 1.165) is 17.1 Å². The maximum atomic E-state index is 8.75. The highest BCUT2D eigenvalue weighted by molar-refractivity contribution is 5.44. The molecule has 0 radical (unpaired) electrons. The first-order chi connectivity index (χ1) is 7.81. The van der Waals surface area contributed by atoms with Crippen molar-refractivity contribution >= 4 is 0 Å². The summed E-state index contributed by atoms with van der Waals surface area (Å²) in [5.41, 5.74) is 1.14. The van der Waals surface area contributed by atoms with Crippen LogP contribution in [0.2, 0.25) is 0 Å². The molecule has 0 bridgehead atoms. The van der Waals surface area contributed by atoms with Crippen molar-refractivity contribution in [2.45, 2.75) is 13.0 Å². The first kappa shape index (κ1) is 11.2. The molecule has 2 N–H and O–H groups in total. The summed E-state index contributed by atoms with van der Waals surface area (Å²) in [4.78, 5) is 0. The first-order valence-electron chi connectivity index (χ1n) is 5.55. The molecule has 1 aliphatic heterocycles. The van der Waals surface area contributed by atoms with Crippen molar-refractivity contribution in [1.82, 2.24) is 5.32 Å². The number of aliphatic hydroxyl groups is 1. The van der Waals surface area contributed by atoms with Crippen molar-refractivity contribution in [3.05, 3.63) is 23.8 Å². The fourth-order valence-electron chi connectivity index (χ4n) is 1.73. The maximum absolute atomic E-state index is 8.75. The zero-order valence-corrected chi connectivity index (χ0v) is 9.40. The average Bonchev–Trinajstić information content (AvgIpc) is 2.35. The smallest absolute Gasteiger partial charge is 0.161 e. The molecule has 4 heteroatoms. The van der Waals surface area contributed by atoms with Crippen LogP contribution >= 0.6 is 0 Å². The Labute approximate surface area is 95.2 Å². The summed E-state index contributed by atoms with van der Waals surface area (Å²) in [6.07, 6.45) is 0. The quantitative estimate of drug-likeness (QED) is 0.802.